The number of benzene rings is 1. The summed E-state index contributed by atoms with van der Waals surface area (Å²) >= 11 is 0. The van der Waals surface area contributed by atoms with Gasteiger partial charge in [-0.05, 0) is 45.2 Å². The SMILES string of the molecule is CC(C)Nc1nc(NCCOCCOCCNC(=O)c2ccccc2)nc(N2CCCCC2)n1. The Balaban J connectivity index is 1.30. The van der Waals surface area contributed by atoms with Crippen molar-refractivity contribution in [1.82, 2.24) is 20.3 Å². The van der Waals surface area contributed by atoms with Crippen LogP contribution in [0.25, 0.3) is 0 Å². The van der Waals surface area contributed by atoms with Gasteiger partial charge in [-0.25, -0.2) is 0 Å². The van der Waals surface area contributed by atoms with Gasteiger partial charge in [-0.2, -0.15) is 15.0 Å². The van der Waals surface area contributed by atoms with Crippen LogP contribution in [-0.4, -0.2) is 79.5 Å². The maximum atomic E-state index is 11.9. The Labute approximate surface area is 201 Å². The second-order valence-corrected chi connectivity index (χ2v) is 8.40. The first-order valence-corrected chi connectivity index (χ1v) is 12.1. The average molecular weight is 472 g/mol. The topological polar surface area (TPSA) is 114 Å². The number of ether oxygens (including phenoxy) is 2. The first-order valence-electron chi connectivity index (χ1n) is 12.1. The highest BCUT2D eigenvalue weighted by Crippen LogP contribution is 2.18. The van der Waals surface area contributed by atoms with Gasteiger partial charge in [-0.3, -0.25) is 4.79 Å². The van der Waals surface area contributed by atoms with Crippen LogP contribution in [0.3, 0.4) is 0 Å². The van der Waals surface area contributed by atoms with Crippen molar-refractivity contribution in [3.05, 3.63) is 35.9 Å². The third-order valence-electron chi connectivity index (χ3n) is 5.15. The van der Waals surface area contributed by atoms with Crippen molar-refractivity contribution in [2.75, 3.05) is 68.1 Å². The summed E-state index contributed by atoms with van der Waals surface area (Å²) in [7, 11) is 0. The Morgan fingerprint density at radius 1 is 0.912 bits per heavy atom. The number of aromatic nitrogens is 3. The van der Waals surface area contributed by atoms with Crippen LogP contribution in [0.5, 0.6) is 0 Å². The predicted octanol–water partition coefficient (Wildman–Crippen LogP) is 2.56. The molecule has 0 radical (unpaired) electrons. The highest BCUT2D eigenvalue weighted by molar-refractivity contribution is 5.94. The molecule has 1 aliphatic rings. The number of nitrogens with one attached hydrogen (secondary N) is 3. The fourth-order valence-electron chi connectivity index (χ4n) is 3.49. The maximum absolute atomic E-state index is 11.9. The van der Waals surface area contributed by atoms with E-state index in [9.17, 15) is 4.79 Å². The standard InChI is InChI=1S/C24H37N7O3/c1-19(2)27-23-28-22(29-24(30-23)31-13-7-4-8-14-31)26-12-16-34-18-17-33-15-11-25-21(32)20-9-5-3-6-10-20/h3,5-6,9-10,19H,4,7-8,11-18H2,1-2H3,(H,25,32)(H2,26,27,28,29,30). The molecule has 0 spiro atoms. The van der Waals surface area contributed by atoms with Crippen molar-refractivity contribution < 1.29 is 14.3 Å². The normalized spacial score (nSPS) is 13.7. The Morgan fingerprint density at radius 3 is 2.29 bits per heavy atom. The van der Waals surface area contributed by atoms with Crippen LogP contribution < -0.4 is 20.9 Å². The van der Waals surface area contributed by atoms with Crippen LogP contribution in [0.1, 0.15) is 43.5 Å². The second kappa shape index (κ2) is 14.3. The van der Waals surface area contributed by atoms with E-state index in [1.54, 1.807) is 12.1 Å². The summed E-state index contributed by atoms with van der Waals surface area (Å²) in [6.45, 7) is 9.00. The Hall–Kier alpha value is -2.98. The number of piperidine rings is 1. The molecule has 1 amide bonds. The molecule has 186 valence electrons. The zero-order valence-electron chi connectivity index (χ0n) is 20.3. The van der Waals surface area contributed by atoms with E-state index in [0.717, 1.165) is 25.9 Å². The number of amides is 1. The van der Waals surface area contributed by atoms with Gasteiger partial charge in [-0.15, -0.1) is 0 Å². The number of hydrogen-bond donors (Lipinski definition) is 3. The van der Waals surface area contributed by atoms with E-state index in [1.165, 1.54) is 6.42 Å². The van der Waals surface area contributed by atoms with Crippen LogP contribution >= 0.6 is 0 Å². The molecular weight excluding hydrogens is 434 g/mol. The molecule has 1 fully saturated rings. The van der Waals surface area contributed by atoms with Gasteiger partial charge < -0.3 is 30.3 Å². The smallest absolute Gasteiger partial charge is 0.251 e. The van der Waals surface area contributed by atoms with Crippen molar-refractivity contribution in [2.24, 2.45) is 0 Å². The lowest BCUT2D eigenvalue weighted by Gasteiger charge is -2.27. The van der Waals surface area contributed by atoms with E-state index < -0.39 is 0 Å². The molecule has 10 heteroatoms. The molecule has 2 heterocycles. The molecule has 0 aliphatic carbocycles. The lowest BCUT2D eigenvalue weighted by atomic mass is 10.1. The Kier molecular flexibility index (Phi) is 10.8. The minimum Gasteiger partial charge on any atom is -0.377 e. The van der Waals surface area contributed by atoms with Gasteiger partial charge in [0.05, 0.1) is 26.4 Å². The summed E-state index contributed by atoms with van der Waals surface area (Å²) in [5.41, 5.74) is 0.645. The third-order valence-corrected chi connectivity index (χ3v) is 5.15. The number of carbonyl (C=O) groups is 1. The van der Waals surface area contributed by atoms with E-state index >= 15 is 0 Å². The molecular formula is C24H37N7O3. The lowest BCUT2D eigenvalue weighted by molar-refractivity contribution is 0.0519. The van der Waals surface area contributed by atoms with Crippen LogP contribution in [0.2, 0.25) is 0 Å². The van der Waals surface area contributed by atoms with Crippen molar-refractivity contribution in [3.8, 4) is 0 Å². The molecule has 0 bridgehead atoms. The zero-order valence-corrected chi connectivity index (χ0v) is 20.3. The van der Waals surface area contributed by atoms with Crippen molar-refractivity contribution in [3.63, 3.8) is 0 Å². The summed E-state index contributed by atoms with van der Waals surface area (Å²) in [6, 6.07) is 9.37. The molecule has 1 aromatic carbocycles. The minimum atomic E-state index is -0.0972. The van der Waals surface area contributed by atoms with Crippen LogP contribution in [0.15, 0.2) is 30.3 Å². The average Bonchev–Trinajstić information content (AvgIpc) is 2.85. The monoisotopic (exact) mass is 471 g/mol. The molecule has 1 aliphatic heterocycles. The number of carbonyl (C=O) groups excluding carboxylic acids is 1. The minimum absolute atomic E-state index is 0.0972. The summed E-state index contributed by atoms with van der Waals surface area (Å²) in [4.78, 5) is 27.8. The Bertz CT molecular complexity index is 861. The fourth-order valence-corrected chi connectivity index (χ4v) is 3.49. The van der Waals surface area contributed by atoms with Gasteiger partial charge in [-0.1, -0.05) is 18.2 Å². The number of hydrogen-bond acceptors (Lipinski definition) is 9. The summed E-state index contributed by atoms with van der Waals surface area (Å²) < 4.78 is 11.1. The third kappa shape index (κ3) is 9.11. The molecule has 3 rings (SSSR count). The molecule has 1 aromatic heterocycles. The maximum Gasteiger partial charge on any atom is 0.251 e. The van der Waals surface area contributed by atoms with Crippen molar-refractivity contribution in [1.29, 1.82) is 0 Å². The van der Waals surface area contributed by atoms with Gasteiger partial charge in [0.1, 0.15) is 0 Å². The van der Waals surface area contributed by atoms with Crippen molar-refractivity contribution in [2.45, 2.75) is 39.2 Å². The number of nitrogens with zero attached hydrogens (tertiary/aromatic N) is 4. The van der Waals surface area contributed by atoms with E-state index in [2.05, 4.69) is 49.6 Å². The van der Waals surface area contributed by atoms with E-state index in [1.807, 2.05) is 18.2 Å². The second-order valence-electron chi connectivity index (χ2n) is 8.40. The van der Waals surface area contributed by atoms with Gasteiger partial charge >= 0.3 is 0 Å². The number of rotatable bonds is 14. The first kappa shape index (κ1) is 25.6. The molecule has 0 saturated carbocycles. The van der Waals surface area contributed by atoms with Gasteiger partial charge in [0.2, 0.25) is 17.8 Å². The summed E-state index contributed by atoms with van der Waals surface area (Å²) in [6.07, 6.45) is 3.58. The molecule has 2 aromatic rings. The molecule has 3 N–H and O–H groups in total. The molecule has 0 atom stereocenters. The Morgan fingerprint density at radius 2 is 1.59 bits per heavy atom. The predicted molar refractivity (Wildman–Crippen MR) is 134 cm³/mol. The van der Waals surface area contributed by atoms with E-state index in [-0.39, 0.29) is 11.9 Å². The first-order chi connectivity index (χ1) is 16.6. The summed E-state index contributed by atoms with van der Waals surface area (Å²) in [5.74, 6) is 1.75. The largest absolute Gasteiger partial charge is 0.377 e. The summed E-state index contributed by atoms with van der Waals surface area (Å²) in [5, 5.41) is 9.34. The molecule has 0 unspecified atom stereocenters. The lowest BCUT2D eigenvalue weighted by Crippen LogP contribution is -2.32. The molecule has 1 saturated heterocycles. The number of anilines is 3. The van der Waals surface area contributed by atoms with Crippen LogP contribution in [-0.2, 0) is 9.47 Å². The highest BCUT2D eigenvalue weighted by atomic mass is 16.5. The zero-order chi connectivity index (χ0) is 24.0. The van der Waals surface area contributed by atoms with Crippen LogP contribution in [0, 0.1) is 0 Å². The fraction of sp³-hybridized carbons (Fsp3) is 0.583. The van der Waals surface area contributed by atoms with Gasteiger partial charge in [0.15, 0.2) is 0 Å². The van der Waals surface area contributed by atoms with Gasteiger partial charge in [0, 0.05) is 37.8 Å². The van der Waals surface area contributed by atoms with Gasteiger partial charge in [0.25, 0.3) is 5.91 Å². The van der Waals surface area contributed by atoms with E-state index in [0.29, 0.717) is 62.9 Å². The quantitative estimate of drug-likeness (QED) is 0.358. The van der Waals surface area contributed by atoms with Crippen LogP contribution in [0.4, 0.5) is 17.8 Å². The van der Waals surface area contributed by atoms with E-state index in [4.69, 9.17) is 9.47 Å². The molecule has 10 nitrogen and oxygen atoms in total. The van der Waals surface area contributed by atoms with Crippen molar-refractivity contribution >= 4 is 23.8 Å². The highest BCUT2D eigenvalue weighted by Gasteiger charge is 2.16. The molecule has 34 heavy (non-hydrogen) atoms.